The van der Waals surface area contributed by atoms with Crippen molar-refractivity contribution in [3.63, 3.8) is 0 Å². The molecule has 2 unspecified atom stereocenters. The summed E-state index contributed by atoms with van der Waals surface area (Å²) in [6.45, 7) is 0. The van der Waals surface area contributed by atoms with Gasteiger partial charge in [-0.3, -0.25) is 9.20 Å². The van der Waals surface area contributed by atoms with Crippen LogP contribution in [0.4, 0.5) is 0 Å². The van der Waals surface area contributed by atoms with Crippen LogP contribution >= 0.6 is 0 Å². The number of hydrogen-bond acceptors (Lipinski definition) is 4. The number of nitriles is 2. The Balaban J connectivity index is 1.52. The van der Waals surface area contributed by atoms with Crippen molar-refractivity contribution in [1.29, 1.82) is 10.5 Å². The number of pyridine rings is 1. The summed E-state index contributed by atoms with van der Waals surface area (Å²) in [5.41, 5.74) is 6.73. The smallest absolute Gasteiger partial charge is 0.264 e. The van der Waals surface area contributed by atoms with Crippen LogP contribution in [0.25, 0.3) is 44.4 Å². The highest BCUT2D eigenvalue weighted by Gasteiger charge is 2.38. The third kappa shape index (κ3) is 3.56. The first-order chi connectivity index (χ1) is 21.2. The van der Waals surface area contributed by atoms with Crippen molar-refractivity contribution in [3.8, 4) is 23.3 Å². The summed E-state index contributed by atoms with van der Waals surface area (Å²) in [5.74, 6) is -0.611. The van der Waals surface area contributed by atoms with E-state index in [1.165, 1.54) is 0 Å². The van der Waals surface area contributed by atoms with Crippen molar-refractivity contribution in [2.24, 2.45) is 0 Å². The Morgan fingerprint density at radius 2 is 1.28 bits per heavy atom. The van der Waals surface area contributed by atoms with Gasteiger partial charge in [-0.1, -0.05) is 97.1 Å². The quantitative estimate of drug-likeness (QED) is 0.225. The monoisotopic (exact) mass is 550 g/mol. The van der Waals surface area contributed by atoms with Crippen molar-refractivity contribution >= 4 is 33.3 Å². The maximum absolute atomic E-state index is 14.6. The lowest BCUT2D eigenvalue weighted by molar-refractivity contribution is 0.660. The van der Waals surface area contributed by atoms with Gasteiger partial charge in [-0.05, 0) is 46.5 Å². The Hall–Kier alpha value is -6.04. The normalized spacial score (nSPS) is 16.1. The number of benzene rings is 5. The zero-order valence-corrected chi connectivity index (χ0v) is 22.9. The molecule has 0 saturated heterocycles. The molecule has 0 N–H and O–H groups in total. The first-order valence-corrected chi connectivity index (χ1v) is 14.1. The molecule has 0 saturated carbocycles. The van der Waals surface area contributed by atoms with E-state index in [0.29, 0.717) is 27.9 Å². The van der Waals surface area contributed by atoms with Crippen molar-refractivity contribution in [1.82, 2.24) is 9.38 Å². The molecular weight excluding hydrogens is 528 g/mol. The van der Waals surface area contributed by atoms with E-state index in [0.717, 1.165) is 44.1 Å². The van der Waals surface area contributed by atoms with Crippen LogP contribution in [-0.2, 0) is 0 Å². The Bertz CT molecular complexity index is 2380. The molecule has 1 aliphatic rings. The van der Waals surface area contributed by atoms with Gasteiger partial charge in [0.15, 0.2) is 0 Å². The second kappa shape index (κ2) is 9.52. The van der Waals surface area contributed by atoms with Crippen LogP contribution < -0.4 is 5.56 Å². The molecular formula is C38H22N4O. The molecule has 0 fully saturated rings. The number of imidazole rings is 1. The number of aromatic nitrogens is 2. The van der Waals surface area contributed by atoms with Crippen LogP contribution in [0.1, 0.15) is 39.9 Å². The zero-order chi connectivity index (χ0) is 29.1. The highest BCUT2D eigenvalue weighted by Crippen LogP contribution is 2.48. The van der Waals surface area contributed by atoms with Crippen molar-refractivity contribution in [3.05, 3.63) is 159 Å². The van der Waals surface area contributed by atoms with Crippen LogP contribution in [0.3, 0.4) is 0 Å². The van der Waals surface area contributed by atoms with Crippen LogP contribution in [0.2, 0.25) is 0 Å². The van der Waals surface area contributed by atoms with E-state index in [-0.39, 0.29) is 17.4 Å². The predicted molar refractivity (Wildman–Crippen MR) is 169 cm³/mol. The molecule has 2 heterocycles. The van der Waals surface area contributed by atoms with Crippen molar-refractivity contribution in [2.75, 3.05) is 0 Å². The first kappa shape index (κ1) is 24.7. The second-order valence-electron chi connectivity index (χ2n) is 10.9. The Labute approximate surface area is 247 Å². The Morgan fingerprint density at radius 3 is 1.93 bits per heavy atom. The first-order valence-electron chi connectivity index (χ1n) is 14.1. The Kier molecular flexibility index (Phi) is 5.47. The third-order valence-electron chi connectivity index (χ3n) is 8.68. The lowest BCUT2D eigenvalue weighted by atomic mass is 9.72. The summed E-state index contributed by atoms with van der Waals surface area (Å²) < 4.78 is 1.75. The number of hydrogen-bond donors (Lipinski definition) is 0. The molecule has 0 amide bonds. The van der Waals surface area contributed by atoms with Gasteiger partial charge >= 0.3 is 0 Å². The van der Waals surface area contributed by atoms with Gasteiger partial charge in [0.25, 0.3) is 5.56 Å². The third-order valence-corrected chi connectivity index (χ3v) is 8.68. The summed E-state index contributed by atoms with van der Waals surface area (Å²) in [5, 5.41) is 23.3. The molecule has 5 aromatic carbocycles. The fourth-order valence-electron chi connectivity index (χ4n) is 6.89. The average Bonchev–Trinajstić information content (AvgIpc) is 3.46. The predicted octanol–water partition coefficient (Wildman–Crippen LogP) is 7.81. The molecule has 2 aromatic heterocycles. The molecule has 2 atom stereocenters. The van der Waals surface area contributed by atoms with Gasteiger partial charge in [0.1, 0.15) is 5.65 Å². The van der Waals surface area contributed by atoms with E-state index >= 15 is 0 Å². The second-order valence-corrected chi connectivity index (χ2v) is 10.9. The zero-order valence-electron chi connectivity index (χ0n) is 22.9. The standard InChI is InChI=1S/C38H22N4O/c39-21-26-16-17-29-35-30(19-18-28(33(26)35)23-10-4-1-5-11-23)38(43)42-36-31(41-37(29)42)20-27(22-40)32(24-12-6-2-7-13-24)34(36)25-14-8-3-9-15-25/h1-20,32,34H. The summed E-state index contributed by atoms with van der Waals surface area (Å²) in [4.78, 5) is 19.7. The van der Waals surface area contributed by atoms with E-state index in [1.807, 2.05) is 109 Å². The minimum atomic E-state index is -0.317. The van der Waals surface area contributed by atoms with Gasteiger partial charge < -0.3 is 0 Å². The van der Waals surface area contributed by atoms with Crippen LogP contribution in [0.15, 0.2) is 126 Å². The molecule has 0 aliphatic heterocycles. The van der Waals surface area contributed by atoms with Crippen LogP contribution in [0, 0.1) is 22.7 Å². The molecule has 5 nitrogen and oxygen atoms in total. The number of fused-ring (bicyclic) bond motifs is 4. The van der Waals surface area contributed by atoms with Gasteiger partial charge in [0.05, 0.1) is 29.1 Å². The molecule has 200 valence electrons. The van der Waals surface area contributed by atoms with Crippen LogP contribution in [-0.4, -0.2) is 9.38 Å². The fraction of sp³-hybridized carbons (Fsp3) is 0.0526. The van der Waals surface area contributed by atoms with Crippen LogP contribution in [0.5, 0.6) is 0 Å². The van der Waals surface area contributed by atoms with E-state index < -0.39 is 0 Å². The SMILES string of the molecule is N#CC1=Cc2nc3c4ccc(C#N)c5c(-c6ccccc6)ccc(c(=O)n3c2C(c2ccccc2)C1c1ccccc1)c54. The van der Waals surface area contributed by atoms with Gasteiger partial charge in [0, 0.05) is 39.0 Å². The van der Waals surface area contributed by atoms with Gasteiger partial charge in [-0.25, -0.2) is 4.98 Å². The largest absolute Gasteiger partial charge is 0.268 e. The molecule has 8 rings (SSSR count). The number of allylic oxidation sites excluding steroid dienone is 1. The van der Waals surface area contributed by atoms with E-state index in [4.69, 9.17) is 4.98 Å². The van der Waals surface area contributed by atoms with Gasteiger partial charge in [-0.15, -0.1) is 0 Å². The number of nitrogens with zero attached hydrogens (tertiary/aromatic N) is 4. The minimum absolute atomic E-state index is 0.183. The summed E-state index contributed by atoms with van der Waals surface area (Å²) >= 11 is 0. The lowest BCUT2D eigenvalue weighted by Gasteiger charge is -2.31. The lowest BCUT2D eigenvalue weighted by Crippen LogP contribution is -2.24. The average molecular weight is 551 g/mol. The topological polar surface area (TPSA) is 81.9 Å². The summed E-state index contributed by atoms with van der Waals surface area (Å²) in [6.07, 6.45) is 1.84. The highest BCUT2D eigenvalue weighted by molar-refractivity contribution is 6.20. The molecule has 7 aromatic rings. The molecule has 0 radical (unpaired) electrons. The maximum atomic E-state index is 14.6. The summed E-state index contributed by atoms with van der Waals surface area (Å²) in [6, 6.07) is 42.3. The van der Waals surface area contributed by atoms with Gasteiger partial charge in [-0.2, -0.15) is 10.5 Å². The minimum Gasteiger partial charge on any atom is -0.268 e. The highest BCUT2D eigenvalue weighted by atomic mass is 16.1. The number of rotatable bonds is 3. The van der Waals surface area contributed by atoms with E-state index in [2.05, 4.69) is 24.3 Å². The molecule has 0 bridgehead atoms. The maximum Gasteiger partial charge on any atom is 0.264 e. The van der Waals surface area contributed by atoms with Crippen molar-refractivity contribution < 1.29 is 0 Å². The molecule has 1 aliphatic carbocycles. The molecule has 0 spiro atoms. The molecule has 5 heteroatoms. The van der Waals surface area contributed by atoms with Crippen molar-refractivity contribution in [2.45, 2.75) is 11.8 Å². The van der Waals surface area contributed by atoms with E-state index in [9.17, 15) is 15.3 Å². The molecule has 43 heavy (non-hydrogen) atoms. The fourth-order valence-corrected chi connectivity index (χ4v) is 6.89. The van der Waals surface area contributed by atoms with Gasteiger partial charge in [0.2, 0.25) is 0 Å². The summed E-state index contributed by atoms with van der Waals surface area (Å²) in [7, 11) is 0. The Morgan fingerprint density at radius 1 is 0.651 bits per heavy atom. The van der Waals surface area contributed by atoms with E-state index in [1.54, 1.807) is 4.40 Å².